The molecule has 120 valence electrons. The Morgan fingerprint density at radius 2 is 1.86 bits per heavy atom. The summed E-state index contributed by atoms with van der Waals surface area (Å²) in [5.74, 6) is 0. The van der Waals surface area contributed by atoms with Gasteiger partial charge in [0.25, 0.3) is 0 Å². The average molecular weight is 339 g/mol. The topological polar surface area (TPSA) is 74.8 Å². The molecule has 0 radical (unpaired) electrons. The SMILES string of the molecule is Cc1n[nH]c(C)c1S(=O)(=O)NCc1ccc(SC(C)C)cc1. The number of thioether (sulfide) groups is 1. The van der Waals surface area contributed by atoms with Crippen LogP contribution in [-0.2, 0) is 16.6 Å². The van der Waals surface area contributed by atoms with Crippen molar-refractivity contribution < 1.29 is 8.42 Å². The Kier molecular flexibility index (Phi) is 5.31. The maximum absolute atomic E-state index is 12.3. The minimum atomic E-state index is -3.55. The van der Waals surface area contributed by atoms with Gasteiger partial charge in [0.2, 0.25) is 10.0 Å². The summed E-state index contributed by atoms with van der Waals surface area (Å²) >= 11 is 1.78. The first-order valence-corrected chi connectivity index (χ1v) is 9.42. The van der Waals surface area contributed by atoms with Gasteiger partial charge >= 0.3 is 0 Å². The number of nitrogens with one attached hydrogen (secondary N) is 2. The Morgan fingerprint density at radius 1 is 1.23 bits per heavy atom. The highest BCUT2D eigenvalue weighted by molar-refractivity contribution is 7.99. The van der Waals surface area contributed by atoms with Gasteiger partial charge in [-0.3, -0.25) is 5.10 Å². The number of hydrogen-bond acceptors (Lipinski definition) is 4. The molecule has 0 saturated heterocycles. The van der Waals surface area contributed by atoms with Gasteiger partial charge in [0.1, 0.15) is 4.90 Å². The Morgan fingerprint density at radius 3 is 2.36 bits per heavy atom. The van der Waals surface area contributed by atoms with E-state index in [0.717, 1.165) is 5.56 Å². The zero-order valence-corrected chi connectivity index (χ0v) is 14.8. The number of benzene rings is 1. The normalized spacial score (nSPS) is 12.0. The van der Waals surface area contributed by atoms with Gasteiger partial charge in [-0.1, -0.05) is 26.0 Å². The van der Waals surface area contributed by atoms with Crippen molar-refractivity contribution in [2.75, 3.05) is 0 Å². The molecule has 0 saturated carbocycles. The predicted octanol–water partition coefficient (Wildman–Crippen LogP) is 3.01. The number of aryl methyl sites for hydroxylation is 2. The molecule has 0 amide bonds. The van der Waals surface area contributed by atoms with Gasteiger partial charge in [0.15, 0.2) is 0 Å². The van der Waals surface area contributed by atoms with Gasteiger partial charge in [0, 0.05) is 16.7 Å². The number of nitrogens with zero attached hydrogens (tertiary/aromatic N) is 1. The lowest BCUT2D eigenvalue weighted by Gasteiger charge is -2.08. The third-order valence-electron chi connectivity index (χ3n) is 3.09. The van der Waals surface area contributed by atoms with E-state index >= 15 is 0 Å². The smallest absolute Gasteiger partial charge is 0.244 e. The first kappa shape index (κ1) is 17.1. The summed E-state index contributed by atoms with van der Waals surface area (Å²) in [6.45, 7) is 7.92. The van der Waals surface area contributed by atoms with Crippen LogP contribution in [-0.4, -0.2) is 23.9 Å². The van der Waals surface area contributed by atoms with E-state index in [9.17, 15) is 8.42 Å². The molecule has 0 bridgehead atoms. The van der Waals surface area contributed by atoms with Crippen LogP contribution in [0.5, 0.6) is 0 Å². The minimum Gasteiger partial charge on any atom is -0.281 e. The molecule has 5 nitrogen and oxygen atoms in total. The van der Waals surface area contributed by atoms with Crippen molar-refractivity contribution in [2.24, 2.45) is 0 Å². The van der Waals surface area contributed by atoms with Gasteiger partial charge in [-0.05, 0) is 31.5 Å². The summed E-state index contributed by atoms with van der Waals surface area (Å²) in [4.78, 5) is 1.42. The molecule has 2 aromatic rings. The van der Waals surface area contributed by atoms with Gasteiger partial charge < -0.3 is 0 Å². The lowest BCUT2D eigenvalue weighted by molar-refractivity contribution is 0.580. The second-order valence-electron chi connectivity index (χ2n) is 5.40. The molecular formula is C15H21N3O2S2. The average Bonchev–Trinajstić information content (AvgIpc) is 2.77. The first-order chi connectivity index (χ1) is 10.3. The monoisotopic (exact) mass is 339 g/mol. The zero-order valence-electron chi connectivity index (χ0n) is 13.2. The largest absolute Gasteiger partial charge is 0.281 e. The third-order valence-corrected chi connectivity index (χ3v) is 5.77. The molecule has 0 fully saturated rings. The molecule has 2 N–H and O–H groups in total. The third kappa shape index (κ3) is 4.12. The van der Waals surface area contributed by atoms with Gasteiger partial charge in [-0.15, -0.1) is 11.8 Å². The number of rotatable bonds is 6. The molecule has 1 aromatic carbocycles. The maximum Gasteiger partial charge on any atom is 0.244 e. The van der Waals surface area contributed by atoms with Crippen molar-refractivity contribution in [3.63, 3.8) is 0 Å². The van der Waals surface area contributed by atoms with E-state index in [1.807, 2.05) is 24.3 Å². The molecule has 0 aliphatic heterocycles. The quantitative estimate of drug-likeness (QED) is 0.793. The molecule has 2 rings (SSSR count). The van der Waals surface area contributed by atoms with E-state index in [1.54, 1.807) is 25.6 Å². The summed E-state index contributed by atoms with van der Waals surface area (Å²) in [6.07, 6.45) is 0. The van der Waals surface area contributed by atoms with Gasteiger partial charge in [-0.2, -0.15) is 5.10 Å². The number of sulfonamides is 1. The highest BCUT2D eigenvalue weighted by Gasteiger charge is 2.21. The van der Waals surface area contributed by atoms with E-state index in [0.29, 0.717) is 16.6 Å². The van der Waals surface area contributed by atoms with E-state index in [4.69, 9.17) is 0 Å². The van der Waals surface area contributed by atoms with Crippen molar-refractivity contribution >= 4 is 21.8 Å². The Bertz CT molecular complexity index is 715. The molecule has 0 aliphatic rings. The molecule has 7 heteroatoms. The standard InChI is InChI=1S/C15H21N3O2S2/c1-10(2)21-14-7-5-13(6-8-14)9-16-22(19,20)15-11(3)17-18-12(15)4/h5-8,10,16H,9H2,1-4H3,(H,17,18). The number of H-pyrrole nitrogens is 1. The van der Waals surface area contributed by atoms with Crippen molar-refractivity contribution in [1.82, 2.24) is 14.9 Å². The van der Waals surface area contributed by atoms with Crippen LogP contribution in [0.15, 0.2) is 34.1 Å². The molecule has 0 aliphatic carbocycles. The van der Waals surface area contributed by atoms with E-state index in [1.165, 1.54) is 4.90 Å². The second kappa shape index (κ2) is 6.85. The predicted molar refractivity (Wildman–Crippen MR) is 89.5 cm³/mol. The summed E-state index contributed by atoms with van der Waals surface area (Å²) in [6, 6.07) is 7.93. The number of aromatic nitrogens is 2. The van der Waals surface area contributed by atoms with Crippen LogP contribution in [0.25, 0.3) is 0 Å². The molecule has 0 unspecified atom stereocenters. The highest BCUT2D eigenvalue weighted by atomic mass is 32.2. The van der Waals surface area contributed by atoms with Crippen molar-refractivity contribution in [1.29, 1.82) is 0 Å². The minimum absolute atomic E-state index is 0.236. The lowest BCUT2D eigenvalue weighted by atomic mass is 10.2. The van der Waals surface area contributed by atoms with Gasteiger partial charge in [0.05, 0.1) is 11.4 Å². The van der Waals surface area contributed by atoms with Crippen molar-refractivity contribution in [2.45, 2.75) is 49.3 Å². The van der Waals surface area contributed by atoms with Crippen molar-refractivity contribution in [3.8, 4) is 0 Å². The Hall–Kier alpha value is -1.31. The fourth-order valence-electron chi connectivity index (χ4n) is 2.15. The van der Waals surface area contributed by atoms with E-state index in [2.05, 4.69) is 28.8 Å². The summed E-state index contributed by atoms with van der Waals surface area (Å²) < 4.78 is 27.3. The van der Waals surface area contributed by atoms with Gasteiger partial charge in [-0.25, -0.2) is 13.1 Å². The second-order valence-corrected chi connectivity index (χ2v) is 8.75. The molecule has 1 heterocycles. The molecular weight excluding hydrogens is 318 g/mol. The van der Waals surface area contributed by atoms with Crippen LogP contribution in [0, 0.1) is 13.8 Å². The van der Waals surface area contributed by atoms with Crippen LogP contribution in [0.1, 0.15) is 30.8 Å². The molecule has 22 heavy (non-hydrogen) atoms. The lowest BCUT2D eigenvalue weighted by Crippen LogP contribution is -2.24. The van der Waals surface area contributed by atoms with Crippen LogP contribution >= 0.6 is 11.8 Å². The van der Waals surface area contributed by atoms with Crippen LogP contribution < -0.4 is 4.72 Å². The Labute approximate surface area is 136 Å². The van der Waals surface area contributed by atoms with E-state index in [-0.39, 0.29) is 11.4 Å². The first-order valence-electron chi connectivity index (χ1n) is 7.06. The summed E-state index contributed by atoms with van der Waals surface area (Å²) in [5.41, 5.74) is 1.96. The highest BCUT2D eigenvalue weighted by Crippen LogP contribution is 2.23. The van der Waals surface area contributed by atoms with Crippen molar-refractivity contribution in [3.05, 3.63) is 41.2 Å². The maximum atomic E-state index is 12.3. The molecule has 0 atom stereocenters. The van der Waals surface area contributed by atoms with Crippen LogP contribution in [0.3, 0.4) is 0 Å². The van der Waals surface area contributed by atoms with E-state index < -0.39 is 10.0 Å². The molecule has 0 spiro atoms. The summed E-state index contributed by atoms with van der Waals surface area (Å²) in [5, 5.41) is 7.15. The molecule has 1 aromatic heterocycles. The zero-order chi connectivity index (χ0) is 16.3. The number of aromatic amines is 1. The fraction of sp³-hybridized carbons (Fsp3) is 0.400. The fourth-order valence-corrected chi connectivity index (χ4v) is 4.37. The Balaban J connectivity index is 2.06. The number of hydrogen-bond donors (Lipinski definition) is 2. The van der Waals surface area contributed by atoms with Crippen LogP contribution in [0.2, 0.25) is 0 Å². The van der Waals surface area contributed by atoms with Crippen LogP contribution in [0.4, 0.5) is 0 Å². The summed E-state index contributed by atoms with van der Waals surface area (Å²) in [7, 11) is -3.55.